The molecule has 0 unspecified atom stereocenters. The quantitative estimate of drug-likeness (QED) is 0.884. The Morgan fingerprint density at radius 3 is 2.29 bits per heavy atom. The molecule has 1 aromatic carbocycles. The number of aliphatic hydroxyl groups is 1. The summed E-state index contributed by atoms with van der Waals surface area (Å²) in [5, 5.41) is 9.54. The van der Waals surface area contributed by atoms with Gasteiger partial charge >= 0.3 is 0 Å². The smallest absolute Gasteiger partial charge is 0.0762 e. The molecule has 0 spiro atoms. The fraction of sp³-hybridized carbons (Fsp3) is 0.571. The van der Waals surface area contributed by atoms with Gasteiger partial charge in [0.25, 0.3) is 0 Å². The molecule has 1 rings (SSSR count). The zero-order chi connectivity index (χ0) is 13.0. The first-order valence-corrected chi connectivity index (χ1v) is 7.00. The number of benzene rings is 1. The van der Waals surface area contributed by atoms with Crippen LogP contribution in [0.1, 0.15) is 45.3 Å². The van der Waals surface area contributed by atoms with Gasteiger partial charge in [-0.3, -0.25) is 0 Å². The van der Waals surface area contributed by atoms with Crippen molar-refractivity contribution in [3.63, 3.8) is 0 Å². The SMILES string of the molecule is CCC(CC)N(C)c1ccc([C@@H](C)O)cc1Br. The molecule has 1 atom stereocenters. The monoisotopic (exact) mass is 299 g/mol. The van der Waals surface area contributed by atoms with Crippen LogP contribution in [0.25, 0.3) is 0 Å². The van der Waals surface area contributed by atoms with E-state index in [1.807, 2.05) is 12.1 Å². The molecule has 0 aliphatic carbocycles. The van der Waals surface area contributed by atoms with E-state index in [0.29, 0.717) is 6.04 Å². The van der Waals surface area contributed by atoms with Gasteiger partial charge in [-0.2, -0.15) is 0 Å². The summed E-state index contributed by atoms with van der Waals surface area (Å²) in [5.41, 5.74) is 2.13. The van der Waals surface area contributed by atoms with E-state index in [-0.39, 0.29) is 0 Å². The van der Waals surface area contributed by atoms with E-state index in [9.17, 15) is 5.11 Å². The highest BCUT2D eigenvalue weighted by Gasteiger charge is 2.14. The van der Waals surface area contributed by atoms with E-state index in [4.69, 9.17) is 0 Å². The van der Waals surface area contributed by atoms with Crippen molar-refractivity contribution in [2.75, 3.05) is 11.9 Å². The Morgan fingerprint density at radius 1 is 1.29 bits per heavy atom. The molecule has 0 amide bonds. The lowest BCUT2D eigenvalue weighted by molar-refractivity contribution is 0.199. The number of hydrogen-bond donors (Lipinski definition) is 1. The topological polar surface area (TPSA) is 23.5 Å². The summed E-state index contributed by atoms with van der Waals surface area (Å²) < 4.78 is 1.05. The van der Waals surface area contributed by atoms with Crippen LogP contribution < -0.4 is 4.90 Å². The molecule has 96 valence electrons. The molecule has 0 aliphatic rings. The van der Waals surface area contributed by atoms with Crippen LogP contribution >= 0.6 is 15.9 Å². The zero-order valence-electron chi connectivity index (χ0n) is 11.1. The lowest BCUT2D eigenvalue weighted by Crippen LogP contribution is -2.30. The molecule has 3 heteroatoms. The van der Waals surface area contributed by atoms with Gasteiger partial charge < -0.3 is 10.0 Å². The van der Waals surface area contributed by atoms with Gasteiger partial charge in [0.2, 0.25) is 0 Å². The fourth-order valence-electron chi connectivity index (χ4n) is 2.10. The standard InChI is InChI=1S/C14H22BrNO/c1-5-12(6-2)16(4)14-8-7-11(10(3)17)9-13(14)15/h7-10,12,17H,5-6H2,1-4H3/t10-/m1/s1. The largest absolute Gasteiger partial charge is 0.389 e. The normalized spacial score (nSPS) is 12.9. The Bertz CT molecular complexity index is 361. The van der Waals surface area contributed by atoms with E-state index in [2.05, 4.69) is 47.8 Å². The van der Waals surface area contributed by atoms with Gasteiger partial charge in [-0.05, 0) is 53.4 Å². The summed E-state index contributed by atoms with van der Waals surface area (Å²) in [7, 11) is 2.12. The van der Waals surface area contributed by atoms with Crippen molar-refractivity contribution >= 4 is 21.6 Å². The molecule has 1 aromatic rings. The summed E-state index contributed by atoms with van der Waals surface area (Å²) in [4.78, 5) is 2.30. The average Bonchev–Trinajstić information content (AvgIpc) is 2.30. The van der Waals surface area contributed by atoms with Crippen LogP contribution in [0.5, 0.6) is 0 Å². The molecule has 1 N–H and O–H groups in total. The molecule has 0 heterocycles. The first-order chi connectivity index (χ1) is 8.01. The second-order valence-corrected chi connectivity index (χ2v) is 5.32. The lowest BCUT2D eigenvalue weighted by atomic mass is 10.1. The van der Waals surface area contributed by atoms with E-state index >= 15 is 0 Å². The first-order valence-electron chi connectivity index (χ1n) is 6.21. The van der Waals surface area contributed by atoms with Crippen molar-refractivity contribution < 1.29 is 5.11 Å². The van der Waals surface area contributed by atoms with Crippen molar-refractivity contribution in [1.82, 2.24) is 0 Å². The third kappa shape index (κ3) is 3.46. The van der Waals surface area contributed by atoms with Crippen molar-refractivity contribution in [2.24, 2.45) is 0 Å². The number of halogens is 1. The highest BCUT2D eigenvalue weighted by molar-refractivity contribution is 9.10. The summed E-state index contributed by atoms with van der Waals surface area (Å²) in [6.07, 6.45) is 1.86. The molecule has 0 fully saturated rings. The Kier molecular flexibility index (Phi) is 5.47. The second-order valence-electron chi connectivity index (χ2n) is 4.47. The van der Waals surface area contributed by atoms with E-state index in [1.165, 1.54) is 5.69 Å². The first kappa shape index (κ1) is 14.5. The molecule has 0 bridgehead atoms. The number of rotatable bonds is 5. The van der Waals surface area contributed by atoms with Crippen molar-refractivity contribution in [2.45, 2.75) is 45.8 Å². The minimum Gasteiger partial charge on any atom is -0.389 e. The number of nitrogens with zero attached hydrogens (tertiary/aromatic N) is 1. The van der Waals surface area contributed by atoms with Crippen LogP contribution in [0, 0.1) is 0 Å². The average molecular weight is 300 g/mol. The summed E-state index contributed by atoms with van der Waals surface area (Å²) in [5.74, 6) is 0. The molecule has 0 aromatic heterocycles. The Hall–Kier alpha value is -0.540. The van der Waals surface area contributed by atoms with Crippen molar-refractivity contribution in [3.8, 4) is 0 Å². The molecule has 0 radical (unpaired) electrons. The summed E-state index contributed by atoms with van der Waals surface area (Å²) in [6.45, 7) is 6.21. The highest BCUT2D eigenvalue weighted by Crippen LogP contribution is 2.30. The third-order valence-electron chi connectivity index (χ3n) is 3.32. The van der Waals surface area contributed by atoms with Gasteiger partial charge in [0.15, 0.2) is 0 Å². The number of anilines is 1. The van der Waals surface area contributed by atoms with Gasteiger partial charge in [-0.1, -0.05) is 19.9 Å². The molecule has 17 heavy (non-hydrogen) atoms. The van der Waals surface area contributed by atoms with Crippen molar-refractivity contribution in [1.29, 1.82) is 0 Å². The van der Waals surface area contributed by atoms with E-state index in [1.54, 1.807) is 6.92 Å². The van der Waals surface area contributed by atoms with Crippen LogP contribution in [-0.2, 0) is 0 Å². The van der Waals surface area contributed by atoms with Crippen LogP contribution in [0.15, 0.2) is 22.7 Å². The predicted molar refractivity (Wildman–Crippen MR) is 77.5 cm³/mol. The minimum atomic E-state index is -0.418. The maximum Gasteiger partial charge on any atom is 0.0762 e. The van der Waals surface area contributed by atoms with Gasteiger partial charge in [0, 0.05) is 17.6 Å². The van der Waals surface area contributed by atoms with Crippen LogP contribution in [0.2, 0.25) is 0 Å². The zero-order valence-corrected chi connectivity index (χ0v) is 12.7. The number of hydrogen-bond acceptors (Lipinski definition) is 2. The molecular weight excluding hydrogens is 278 g/mol. The van der Waals surface area contributed by atoms with E-state index in [0.717, 1.165) is 22.9 Å². The second kappa shape index (κ2) is 6.41. The Labute approximate surface area is 113 Å². The Morgan fingerprint density at radius 2 is 1.88 bits per heavy atom. The van der Waals surface area contributed by atoms with E-state index < -0.39 is 6.10 Å². The summed E-state index contributed by atoms with van der Waals surface area (Å²) in [6, 6.07) is 6.62. The third-order valence-corrected chi connectivity index (χ3v) is 3.96. The minimum absolute atomic E-state index is 0.418. The van der Waals surface area contributed by atoms with Gasteiger partial charge in [0.05, 0.1) is 11.8 Å². The molecule has 0 saturated carbocycles. The van der Waals surface area contributed by atoms with Gasteiger partial charge in [-0.25, -0.2) is 0 Å². The van der Waals surface area contributed by atoms with Crippen molar-refractivity contribution in [3.05, 3.63) is 28.2 Å². The predicted octanol–water partition coefficient (Wildman–Crippen LogP) is 4.13. The van der Waals surface area contributed by atoms with Crippen LogP contribution in [0.4, 0.5) is 5.69 Å². The molecular formula is C14H22BrNO. The van der Waals surface area contributed by atoms with Gasteiger partial charge in [-0.15, -0.1) is 0 Å². The maximum atomic E-state index is 9.54. The highest BCUT2D eigenvalue weighted by atomic mass is 79.9. The fourth-order valence-corrected chi connectivity index (χ4v) is 2.78. The van der Waals surface area contributed by atoms with Gasteiger partial charge in [0.1, 0.15) is 0 Å². The number of aliphatic hydroxyl groups excluding tert-OH is 1. The maximum absolute atomic E-state index is 9.54. The molecule has 0 saturated heterocycles. The Balaban J connectivity index is 2.99. The molecule has 2 nitrogen and oxygen atoms in total. The van der Waals surface area contributed by atoms with Crippen LogP contribution in [0.3, 0.4) is 0 Å². The van der Waals surface area contributed by atoms with Crippen LogP contribution in [-0.4, -0.2) is 18.2 Å². The summed E-state index contributed by atoms with van der Waals surface area (Å²) >= 11 is 3.59. The lowest BCUT2D eigenvalue weighted by Gasteiger charge is -2.29. The molecule has 0 aliphatic heterocycles.